The van der Waals surface area contributed by atoms with Crippen molar-refractivity contribution in [2.45, 2.75) is 23.8 Å². The Labute approximate surface area is 186 Å². The molecule has 5 rings (SSSR count). The van der Waals surface area contributed by atoms with Crippen LogP contribution in [0.1, 0.15) is 34.7 Å². The fourth-order valence-corrected chi connectivity index (χ4v) is 5.05. The quantitative estimate of drug-likeness (QED) is 0.458. The SMILES string of the molecule is COC1(OC)C(c2ccccc2)N2C(=O)C(c3ccccc3)C(=O)N2C1c1ccccc1. The van der Waals surface area contributed by atoms with E-state index in [0.29, 0.717) is 5.56 Å². The number of carbonyl (C=O) groups is 2. The molecule has 0 saturated carbocycles. The van der Waals surface area contributed by atoms with Crippen LogP contribution in [0.25, 0.3) is 0 Å². The summed E-state index contributed by atoms with van der Waals surface area (Å²) in [6, 6.07) is 27.1. The summed E-state index contributed by atoms with van der Waals surface area (Å²) in [7, 11) is 3.12. The number of hydrogen-bond donors (Lipinski definition) is 0. The van der Waals surface area contributed by atoms with Gasteiger partial charge < -0.3 is 9.47 Å². The molecule has 3 aromatic carbocycles. The van der Waals surface area contributed by atoms with Crippen molar-refractivity contribution in [1.82, 2.24) is 10.0 Å². The molecule has 0 spiro atoms. The predicted molar refractivity (Wildman–Crippen MR) is 118 cm³/mol. The monoisotopic (exact) mass is 428 g/mol. The highest BCUT2D eigenvalue weighted by atomic mass is 16.7. The highest BCUT2D eigenvalue weighted by Gasteiger charge is 2.69. The van der Waals surface area contributed by atoms with Crippen molar-refractivity contribution < 1.29 is 19.1 Å². The summed E-state index contributed by atoms with van der Waals surface area (Å²) < 4.78 is 12.1. The van der Waals surface area contributed by atoms with E-state index in [0.717, 1.165) is 11.1 Å². The van der Waals surface area contributed by atoms with Gasteiger partial charge in [-0.3, -0.25) is 9.59 Å². The van der Waals surface area contributed by atoms with Crippen LogP contribution in [0, 0.1) is 0 Å². The van der Waals surface area contributed by atoms with Gasteiger partial charge in [-0.05, 0) is 16.7 Å². The molecule has 2 aliphatic heterocycles. The van der Waals surface area contributed by atoms with Crippen molar-refractivity contribution in [3.63, 3.8) is 0 Å². The van der Waals surface area contributed by atoms with E-state index in [4.69, 9.17) is 9.47 Å². The second kappa shape index (κ2) is 7.89. The van der Waals surface area contributed by atoms with Crippen molar-refractivity contribution in [3.8, 4) is 0 Å². The molecule has 2 amide bonds. The van der Waals surface area contributed by atoms with Gasteiger partial charge in [0.05, 0.1) is 0 Å². The standard InChI is InChI=1S/C26H24N2O4/c1-31-26(32-2)22(19-14-8-4-9-15-19)27-24(29)21(18-12-6-3-7-13-18)25(30)28(27)23(26)20-16-10-5-11-17-20/h3-17,21-23H,1-2H3. The predicted octanol–water partition coefficient (Wildman–Crippen LogP) is 3.84. The van der Waals surface area contributed by atoms with Gasteiger partial charge in [-0.2, -0.15) is 0 Å². The summed E-state index contributed by atoms with van der Waals surface area (Å²) in [5, 5.41) is 3.08. The number of rotatable bonds is 5. The minimum Gasteiger partial charge on any atom is -0.349 e. The van der Waals surface area contributed by atoms with Crippen LogP contribution in [-0.4, -0.2) is 41.8 Å². The molecule has 2 aliphatic rings. The highest BCUT2D eigenvalue weighted by molar-refractivity contribution is 6.11. The van der Waals surface area contributed by atoms with Crippen LogP contribution in [0.3, 0.4) is 0 Å². The molecule has 2 heterocycles. The molecule has 0 radical (unpaired) electrons. The first-order valence-corrected chi connectivity index (χ1v) is 10.5. The first-order valence-electron chi connectivity index (χ1n) is 10.5. The second-order valence-corrected chi connectivity index (χ2v) is 7.97. The van der Waals surface area contributed by atoms with E-state index >= 15 is 0 Å². The van der Waals surface area contributed by atoms with E-state index in [2.05, 4.69) is 0 Å². The summed E-state index contributed by atoms with van der Waals surface area (Å²) >= 11 is 0. The number of ether oxygens (including phenoxy) is 2. The Bertz CT molecular complexity index is 1050. The molecule has 6 heteroatoms. The van der Waals surface area contributed by atoms with E-state index in [1.54, 1.807) is 24.2 Å². The van der Waals surface area contributed by atoms with Crippen molar-refractivity contribution in [3.05, 3.63) is 108 Å². The van der Waals surface area contributed by atoms with Crippen molar-refractivity contribution in [2.75, 3.05) is 14.2 Å². The Morgan fingerprint density at radius 1 is 0.594 bits per heavy atom. The molecular weight excluding hydrogens is 404 g/mol. The zero-order valence-corrected chi connectivity index (χ0v) is 17.9. The van der Waals surface area contributed by atoms with Crippen molar-refractivity contribution >= 4 is 11.8 Å². The van der Waals surface area contributed by atoms with Crippen LogP contribution in [0.4, 0.5) is 0 Å². The number of amides is 2. The Morgan fingerprint density at radius 3 is 1.28 bits per heavy atom. The van der Waals surface area contributed by atoms with Crippen LogP contribution in [0.2, 0.25) is 0 Å². The van der Waals surface area contributed by atoms with Crippen LogP contribution in [0.5, 0.6) is 0 Å². The fraction of sp³-hybridized carbons (Fsp3) is 0.231. The lowest BCUT2D eigenvalue weighted by molar-refractivity contribution is -0.234. The van der Waals surface area contributed by atoms with E-state index in [9.17, 15) is 9.59 Å². The van der Waals surface area contributed by atoms with Crippen LogP contribution < -0.4 is 0 Å². The summed E-state index contributed by atoms with van der Waals surface area (Å²) in [4.78, 5) is 27.7. The van der Waals surface area contributed by atoms with E-state index in [-0.39, 0.29) is 11.8 Å². The van der Waals surface area contributed by atoms with Gasteiger partial charge in [-0.1, -0.05) is 91.0 Å². The summed E-state index contributed by atoms with van der Waals surface area (Å²) in [6.07, 6.45) is 0. The zero-order chi connectivity index (χ0) is 22.3. The smallest absolute Gasteiger partial charge is 0.259 e. The number of methoxy groups -OCH3 is 2. The molecular formula is C26H24N2O4. The number of hydrazine groups is 1. The van der Waals surface area contributed by atoms with Crippen molar-refractivity contribution in [2.24, 2.45) is 0 Å². The van der Waals surface area contributed by atoms with Crippen LogP contribution in [-0.2, 0) is 19.1 Å². The molecule has 2 atom stereocenters. The van der Waals surface area contributed by atoms with Gasteiger partial charge in [-0.15, -0.1) is 0 Å². The van der Waals surface area contributed by atoms with E-state index in [1.165, 1.54) is 0 Å². The Kier molecular flexibility index (Phi) is 5.04. The van der Waals surface area contributed by atoms with E-state index in [1.807, 2.05) is 91.0 Å². The number of carbonyl (C=O) groups excluding carboxylic acids is 2. The minimum absolute atomic E-state index is 0.285. The molecule has 0 bridgehead atoms. The molecule has 2 unspecified atom stereocenters. The van der Waals surface area contributed by atoms with Gasteiger partial charge in [0.1, 0.15) is 18.0 Å². The first kappa shape index (κ1) is 20.4. The largest absolute Gasteiger partial charge is 0.349 e. The van der Waals surface area contributed by atoms with Gasteiger partial charge in [-0.25, -0.2) is 10.0 Å². The number of hydrogen-bond acceptors (Lipinski definition) is 4. The third-order valence-electron chi connectivity index (χ3n) is 6.43. The number of nitrogens with zero attached hydrogens (tertiary/aromatic N) is 2. The first-order chi connectivity index (χ1) is 15.6. The summed E-state index contributed by atoms with van der Waals surface area (Å²) in [6.45, 7) is 0. The summed E-state index contributed by atoms with van der Waals surface area (Å²) in [5.41, 5.74) is 2.33. The Morgan fingerprint density at radius 2 is 0.938 bits per heavy atom. The molecule has 2 saturated heterocycles. The minimum atomic E-state index is -1.28. The van der Waals surface area contributed by atoms with Gasteiger partial charge in [0.2, 0.25) is 5.79 Å². The molecule has 0 aromatic heterocycles. The zero-order valence-electron chi connectivity index (χ0n) is 17.9. The van der Waals surface area contributed by atoms with Gasteiger partial charge in [0.25, 0.3) is 11.8 Å². The summed E-state index contributed by atoms with van der Waals surface area (Å²) in [5.74, 6) is -2.75. The third-order valence-corrected chi connectivity index (χ3v) is 6.43. The number of fused-ring (bicyclic) bond motifs is 1. The normalized spacial score (nSPS) is 24.1. The second-order valence-electron chi connectivity index (χ2n) is 7.97. The average molecular weight is 428 g/mol. The van der Waals surface area contributed by atoms with Gasteiger partial charge in [0.15, 0.2) is 0 Å². The van der Waals surface area contributed by atoms with Crippen molar-refractivity contribution in [1.29, 1.82) is 0 Å². The Hall–Kier alpha value is -3.48. The molecule has 6 nitrogen and oxygen atoms in total. The maximum absolute atomic E-state index is 13.8. The topological polar surface area (TPSA) is 59.1 Å². The molecule has 0 aliphatic carbocycles. The van der Waals surface area contributed by atoms with Crippen LogP contribution in [0.15, 0.2) is 91.0 Å². The Balaban J connectivity index is 1.74. The maximum atomic E-state index is 13.8. The fourth-order valence-electron chi connectivity index (χ4n) is 5.05. The van der Waals surface area contributed by atoms with Crippen LogP contribution >= 0.6 is 0 Å². The highest BCUT2D eigenvalue weighted by Crippen LogP contribution is 2.57. The molecule has 162 valence electrons. The molecule has 2 fully saturated rings. The average Bonchev–Trinajstić information content (AvgIpc) is 3.29. The lowest BCUT2D eigenvalue weighted by Gasteiger charge is -2.37. The molecule has 32 heavy (non-hydrogen) atoms. The lowest BCUT2D eigenvalue weighted by atomic mass is 9.87. The van der Waals surface area contributed by atoms with Gasteiger partial charge in [0, 0.05) is 14.2 Å². The molecule has 0 N–H and O–H groups in total. The van der Waals surface area contributed by atoms with E-state index < -0.39 is 23.8 Å². The number of benzene rings is 3. The molecule has 3 aromatic rings. The lowest BCUT2D eigenvalue weighted by Crippen LogP contribution is -2.46. The third kappa shape index (κ3) is 2.80. The van der Waals surface area contributed by atoms with Gasteiger partial charge >= 0.3 is 0 Å². The maximum Gasteiger partial charge on any atom is 0.259 e.